The van der Waals surface area contributed by atoms with E-state index in [1.807, 2.05) is 24.3 Å². The van der Waals surface area contributed by atoms with E-state index in [2.05, 4.69) is 5.32 Å². The lowest BCUT2D eigenvalue weighted by atomic mass is 10.1. The number of benzene rings is 2. The molecule has 0 aliphatic carbocycles. The van der Waals surface area contributed by atoms with Crippen LogP contribution in [0.1, 0.15) is 5.56 Å². The molecular formula is C19H21ClN2O5S. The fourth-order valence-electron chi connectivity index (χ4n) is 2.91. The number of halogens is 1. The number of anilines is 1. The Morgan fingerprint density at radius 2 is 2.00 bits per heavy atom. The van der Waals surface area contributed by atoms with Gasteiger partial charge in [-0.05, 0) is 42.3 Å². The summed E-state index contributed by atoms with van der Waals surface area (Å²) in [5.41, 5.74) is 1.38. The quantitative estimate of drug-likeness (QED) is 0.768. The van der Waals surface area contributed by atoms with Crippen LogP contribution in [0.25, 0.3) is 0 Å². The monoisotopic (exact) mass is 424 g/mol. The molecule has 1 atom stereocenters. The summed E-state index contributed by atoms with van der Waals surface area (Å²) in [6.07, 6.45) is 0.769. The minimum Gasteiger partial charge on any atom is -0.497 e. The average molecular weight is 425 g/mol. The minimum absolute atomic E-state index is 0.111. The number of methoxy groups -OCH3 is 1. The molecule has 7 nitrogen and oxygen atoms in total. The van der Waals surface area contributed by atoms with Crippen LogP contribution in [0.15, 0.2) is 42.5 Å². The van der Waals surface area contributed by atoms with Crippen molar-refractivity contribution in [1.82, 2.24) is 5.32 Å². The zero-order chi connectivity index (χ0) is 20.3. The minimum atomic E-state index is -3.59. The number of nitrogens with zero attached hydrogens (tertiary/aromatic N) is 1. The van der Waals surface area contributed by atoms with Gasteiger partial charge in [0, 0.05) is 11.6 Å². The zero-order valence-electron chi connectivity index (χ0n) is 15.5. The molecule has 0 bridgehead atoms. The number of fused-ring (bicyclic) bond motifs is 1. The van der Waals surface area contributed by atoms with Crippen LogP contribution >= 0.6 is 11.6 Å². The largest absolute Gasteiger partial charge is 0.497 e. The standard InChI is InChI=1S/C19H21ClN2O5S/c1-26-15-6-3-13(4-7-15)9-10-21-19(23)18-12-22(28(2,24)25)16-11-14(20)5-8-17(16)27-18/h3-8,11,18H,9-10,12H2,1-2H3,(H,21,23)/t18-/m0/s1. The summed E-state index contributed by atoms with van der Waals surface area (Å²) in [6.45, 7) is 0.290. The zero-order valence-corrected chi connectivity index (χ0v) is 17.1. The normalized spacial score (nSPS) is 16.1. The van der Waals surface area contributed by atoms with Crippen molar-refractivity contribution in [2.45, 2.75) is 12.5 Å². The van der Waals surface area contributed by atoms with Gasteiger partial charge in [0.2, 0.25) is 10.0 Å². The van der Waals surface area contributed by atoms with Crippen molar-refractivity contribution >= 4 is 33.2 Å². The Balaban J connectivity index is 1.66. The Hall–Kier alpha value is -2.45. The molecule has 0 fully saturated rings. The van der Waals surface area contributed by atoms with E-state index in [1.165, 1.54) is 6.07 Å². The fraction of sp³-hybridized carbons (Fsp3) is 0.316. The molecule has 2 aromatic carbocycles. The van der Waals surface area contributed by atoms with Crippen LogP contribution in [0, 0.1) is 0 Å². The number of amides is 1. The van der Waals surface area contributed by atoms with Gasteiger partial charge in [0.25, 0.3) is 5.91 Å². The second-order valence-corrected chi connectivity index (χ2v) is 8.74. The van der Waals surface area contributed by atoms with Gasteiger partial charge in [-0.25, -0.2) is 8.42 Å². The van der Waals surface area contributed by atoms with E-state index >= 15 is 0 Å². The molecule has 0 radical (unpaired) electrons. The van der Waals surface area contributed by atoms with Gasteiger partial charge in [-0.1, -0.05) is 23.7 Å². The summed E-state index contributed by atoms with van der Waals surface area (Å²) in [6, 6.07) is 12.2. The van der Waals surface area contributed by atoms with Gasteiger partial charge < -0.3 is 14.8 Å². The van der Waals surface area contributed by atoms with E-state index in [4.69, 9.17) is 21.1 Å². The number of carbonyl (C=O) groups excluding carboxylic acids is 1. The summed E-state index contributed by atoms with van der Waals surface area (Å²) in [7, 11) is -1.99. The van der Waals surface area contributed by atoms with Crippen LogP contribution in [0.3, 0.4) is 0 Å². The molecule has 1 amide bonds. The van der Waals surface area contributed by atoms with Gasteiger partial charge >= 0.3 is 0 Å². The van der Waals surface area contributed by atoms with Gasteiger partial charge in [0.05, 0.1) is 25.6 Å². The highest BCUT2D eigenvalue weighted by Gasteiger charge is 2.35. The molecular weight excluding hydrogens is 404 g/mol. The lowest BCUT2D eigenvalue weighted by molar-refractivity contribution is -0.127. The molecule has 3 rings (SSSR count). The Kier molecular flexibility index (Phi) is 6.00. The van der Waals surface area contributed by atoms with Crippen LogP contribution < -0.4 is 19.1 Å². The predicted molar refractivity (Wildman–Crippen MR) is 108 cm³/mol. The molecule has 0 saturated carbocycles. The van der Waals surface area contributed by atoms with Crippen LogP contribution in [-0.4, -0.2) is 46.9 Å². The predicted octanol–water partition coefficient (Wildman–Crippen LogP) is 2.23. The lowest BCUT2D eigenvalue weighted by Crippen LogP contribution is -2.50. The third-order valence-electron chi connectivity index (χ3n) is 4.36. The third-order valence-corrected chi connectivity index (χ3v) is 5.74. The van der Waals surface area contributed by atoms with Crippen LogP contribution in [0.4, 0.5) is 5.69 Å². The molecule has 9 heteroatoms. The lowest BCUT2D eigenvalue weighted by Gasteiger charge is -2.34. The molecule has 1 heterocycles. The first-order chi connectivity index (χ1) is 13.3. The fourth-order valence-corrected chi connectivity index (χ4v) is 3.98. The number of carbonyl (C=O) groups is 1. The van der Waals surface area contributed by atoms with Crippen molar-refractivity contribution in [1.29, 1.82) is 0 Å². The molecule has 2 aromatic rings. The molecule has 1 aliphatic heterocycles. The van der Waals surface area contributed by atoms with E-state index in [0.29, 0.717) is 29.4 Å². The Morgan fingerprint density at radius 1 is 1.29 bits per heavy atom. The number of ether oxygens (including phenoxy) is 2. The topological polar surface area (TPSA) is 84.9 Å². The number of hydrogen-bond donors (Lipinski definition) is 1. The maximum Gasteiger partial charge on any atom is 0.263 e. The maximum absolute atomic E-state index is 12.5. The maximum atomic E-state index is 12.5. The second kappa shape index (κ2) is 8.28. The second-order valence-electron chi connectivity index (χ2n) is 6.40. The SMILES string of the molecule is COc1ccc(CCNC(=O)[C@@H]2CN(S(C)(=O)=O)c3cc(Cl)ccc3O2)cc1. The Bertz CT molecular complexity index is 963. The summed E-state index contributed by atoms with van der Waals surface area (Å²) in [4.78, 5) is 12.5. The highest BCUT2D eigenvalue weighted by molar-refractivity contribution is 7.92. The van der Waals surface area contributed by atoms with E-state index in [0.717, 1.165) is 21.9 Å². The molecule has 0 aromatic heterocycles. The van der Waals surface area contributed by atoms with Crippen molar-refractivity contribution in [3.05, 3.63) is 53.1 Å². The van der Waals surface area contributed by atoms with Crippen molar-refractivity contribution in [2.24, 2.45) is 0 Å². The first-order valence-electron chi connectivity index (χ1n) is 8.62. The Labute approximate surface area is 169 Å². The van der Waals surface area contributed by atoms with Crippen LogP contribution in [0.2, 0.25) is 5.02 Å². The molecule has 0 unspecified atom stereocenters. The summed E-state index contributed by atoms with van der Waals surface area (Å²) in [5, 5.41) is 3.19. The smallest absolute Gasteiger partial charge is 0.263 e. The number of nitrogens with one attached hydrogen (secondary N) is 1. The summed E-state index contributed by atoms with van der Waals surface area (Å²) >= 11 is 5.97. The van der Waals surface area contributed by atoms with Gasteiger partial charge in [0.15, 0.2) is 6.10 Å². The highest BCUT2D eigenvalue weighted by Crippen LogP contribution is 2.37. The van der Waals surface area contributed by atoms with E-state index in [9.17, 15) is 13.2 Å². The van der Waals surface area contributed by atoms with Crippen molar-refractivity contribution in [3.63, 3.8) is 0 Å². The van der Waals surface area contributed by atoms with Crippen LogP contribution in [-0.2, 0) is 21.2 Å². The number of hydrogen-bond acceptors (Lipinski definition) is 5. The van der Waals surface area contributed by atoms with Crippen molar-refractivity contribution in [2.75, 3.05) is 30.8 Å². The average Bonchev–Trinajstić information content (AvgIpc) is 2.66. The van der Waals surface area contributed by atoms with Crippen molar-refractivity contribution in [3.8, 4) is 11.5 Å². The molecule has 1 aliphatic rings. The molecule has 1 N–H and O–H groups in total. The molecule has 28 heavy (non-hydrogen) atoms. The highest BCUT2D eigenvalue weighted by atomic mass is 35.5. The van der Waals surface area contributed by atoms with E-state index in [-0.39, 0.29) is 12.5 Å². The molecule has 150 valence electrons. The molecule has 0 saturated heterocycles. The van der Waals surface area contributed by atoms with E-state index < -0.39 is 16.1 Å². The van der Waals surface area contributed by atoms with Gasteiger partial charge in [-0.15, -0.1) is 0 Å². The van der Waals surface area contributed by atoms with E-state index in [1.54, 1.807) is 19.2 Å². The van der Waals surface area contributed by atoms with Crippen molar-refractivity contribution < 1.29 is 22.7 Å². The first-order valence-corrected chi connectivity index (χ1v) is 10.8. The number of rotatable bonds is 6. The third kappa shape index (κ3) is 4.69. The molecule has 0 spiro atoms. The van der Waals surface area contributed by atoms with Gasteiger partial charge in [-0.2, -0.15) is 0 Å². The summed E-state index contributed by atoms with van der Waals surface area (Å²) in [5.74, 6) is 0.696. The summed E-state index contributed by atoms with van der Waals surface area (Å²) < 4.78 is 36.3. The van der Waals surface area contributed by atoms with Gasteiger partial charge in [0.1, 0.15) is 11.5 Å². The number of sulfonamides is 1. The van der Waals surface area contributed by atoms with Gasteiger partial charge in [-0.3, -0.25) is 9.10 Å². The Morgan fingerprint density at radius 3 is 2.64 bits per heavy atom. The van der Waals surface area contributed by atoms with Crippen LogP contribution in [0.5, 0.6) is 11.5 Å². The first kappa shape index (κ1) is 20.3.